The van der Waals surface area contributed by atoms with E-state index in [9.17, 15) is 4.79 Å². The normalized spacial score (nSPS) is 14.3. The Morgan fingerprint density at radius 3 is 2.67 bits per heavy atom. The van der Waals surface area contributed by atoms with Crippen LogP contribution in [0.3, 0.4) is 0 Å². The van der Waals surface area contributed by atoms with Crippen molar-refractivity contribution >= 4 is 18.1 Å². The van der Waals surface area contributed by atoms with Crippen LogP contribution in [0, 0.1) is 6.92 Å². The Labute approximate surface area is 140 Å². The first-order chi connectivity index (χ1) is 11.7. The molecule has 1 aliphatic heterocycles. The highest BCUT2D eigenvalue weighted by molar-refractivity contribution is 5.89. The summed E-state index contributed by atoms with van der Waals surface area (Å²) < 4.78 is 6.47. The molecule has 0 aliphatic carbocycles. The Kier molecular flexibility index (Phi) is 4.79. The van der Waals surface area contributed by atoms with Crippen LogP contribution in [0.2, 0.25) is 0 Å². The van der Waals surface area contributed by atoms with Gasteiger partial charge in [0, 0.05) is 13.1 Å². The molecule has 1 fully saturated rings. The average molecular weight is 327 g/mol. The molecule has 24 heavy (non-hydrogen) atoms. The Hall–Kier alpha value is -2.83. The van der Waals surface area contributed by atoms with Gasteiger partial charge in [-0.25, -0.2) is 14.9 Å². The SMILES string of the molecule is COC(=O)NN=Cc1c(C)nn(-c2ccccc2)c1N1CCCC1. The molecule has 1 N–H and O–H groups in total. The lowest BCUT2D eigenvalue weighted by atomic mass is 10.2. The van der Waals surface area contributed by atoms with E-state index in [1.807, 2.05) is 41.9 Å². The zero-order valence-electron chi connectivity index (χ0n) is 13.9. The van der Waals surface area contributed by atoms with Crippen LogP contribution in [-0.2, 0) is 4.74 Å². The summed E-state index contributed by atoms with van der Waals surface area (Å²) in [7, 11) is 1.30. The predicted molar refractivity (Wildman–Crippen MR) is 92.9 cm³/mol. The zero-order valence-corrected chi connectivity index (χ0v) is 13.9. The minimum absolute atomic E-state index is 0.595. The second-order valence-corrected chi connectivity index (χ2v) is 5.63. The molecule has 1 aliphatic rings. The summed E-state index contributed by atoms with van der Waals surface area (Å²) in [6.07, 6.45) is 3.36. The van der Waals surface area contributed by atoms with Crippen molar-refractivity contribution in [3.63, 3.8) is 0 Å². The fourth-order valence-electron chi connectivity index (χ4n) is 2.86. The van der Waals surface area contributed by atoms with Crippen molar-refractivity contribution in [3.8, 4) is 5.69 Å². The van der Waals surface area contributed by atoms with Crippen LogP contribution in [-0.4, -0.2) is 42.3 Å². The Morgan fingerprint density at radius 2 is 2.00 bits per heavy atom. The molecule has 1 amide bonds. The lowest BCUT2D eigenvalue weighted by Crippen LogP contribution is -2.23. The van der Waals surface area contributed by atoms with E-state index < -0.39 is 6.09 Å². The number of amides is 1. The number of carbonyl (C=O) groups is 1. The molecule has 0 bridgehead atoms. The number of aryl methyl sites for hydroxylation is 1. The van der Waals surface area contributed by atoms with Gasteiger partial charge in [0.2, 0.25) is 0 Å². The van der Waals surface area contributed by atoms with Crippen LogP contribution in [0.4, 0.5) is 10.6 Å². The van der Waals surface area contributed by atoms with Crippen LogP contribution in [0.25, 0.3) is 5.69 Å². The first kappa shape index (κ1) is 16.0. The molecule has 2 heterocycles. The van der Waals surface area contributed by atoms with E-state index in [0.717, 1.165) is 48.7 Å². The molecule has 1 saturated heterocycles. The Morgan fingerprint density at radius 1 is 1.29 bits per heavy atom. The predicted octanol–water partition coefficient (Wildman–Crippen LogP) is 2.47. The van der Waals surface area contributed by atoms with Crippen molar-refractivity contribution in [2.24, 2.45) is 5.10 Å². The summed E-state index contributed by atoms with van der Waals surface area (Å²) in [6, 6.07) is 10.0. The largest absolute Gasteiger partial charge is 0.452 e. The molecule has 0 radical (unpaired) electrons. The summed E-state index contributed by atoms with van der Waals surface area (Å²) in [4.78, 5) is 13.5. The van der Waals surface area contributed by atoms with Gasteiger partial charge in [-0.1, -0.05) is 18.2 Å². The van der Waals surface area contributed by atoms with Crippen molar-refractivity contribution in [1.82, 2.24) is 15.2 Å². The second kappa shape index (κ2) is 7.16. The van der Waals surface area contributed by atoms with Crippen LogP contribution in [0.1, 0.15) is 24.1 Å². The standard InChI is InChI=1S/C17H21N5O2/c1-13-15(12-18-19-17(23)24-2)16(21-10-6-7-11-21)22(20-13)14-8-4-3-5-9-14/h3-5,8-9,12H,6-7,10-11H2,1-2H3,(H,19,23). The Bertz CT molecular complexity index is 733. The molecule has 3 rings (SSSR count). The van der Waals surface area contributed by atoms with Gasteiger partial charge in [0.25, 0.3) is 0 Å². The van der Waals surface area contributed by atoms with E-state index in [1.54, 1.807) is 6.21 Å². The highest BCUT2D eigenvalue weighted by atomic mass is 16.5. The van der Waals surface area contributed by atoms with Crippen molar-refractivity contribution in [2.45, 2.75) is 19.8 Å². The molecule has 0 unspecified atom stereocenters. The number of nitrogens with zero attached hydrogens (tertiary/aromatic N) is 4. The molecule has 126 valence electrons. The average Bonchev–Trinajstić information content (AvgIpc) is 3.24. The maximum atomic E-state index is 11.2. The van der Waals surface area contributed by atoms with Gasteiger partial charge in [-0.2, -0.15) is 10.2 Å². The lowest BCUT2D eigenvalue weighted by molar-refractivity contribution is 0.171. The van der Waals surface area contributed by atoms with Gasteiger partial charge >= 0.3 is 6.09 Å². The number of methoxy groups -OCH3 is 1. The van der Waals surface area contributed by atoms with E-state index in [1.165, 1.54) is 7.11 Å². The third-order valence-corrected chi connectivity index (χ3v) is 4.02. The number of ether oxygens (including phenoxy) is 1. The molecule has 0 spiro atoms. The van der Waals surface area contributed by atoms with Crippen LogP contribution in [0.15, 0.2) is 35.4 Å². The first-order valence-electron chi connectivity index (χ1n) is 7.97. The molecular formula is C17H21N5O2. The monoisotopic (exact) mass is 327 g/mol. The number of hydrogen-bond acceptors (Lipinski definition) is 5. The van der Waals surface area contributed by atoms with Gasteiger partial charge in [-0.15, -0.1) is 0 Å². The van der Waals surface area contributed by atoms with Gasteiger partial charge < -0.3 is 9.64 Å². The number of rotatable bonds is 4. The molecule has 0 atom stereocenters. The van der Waals surface area contributed by atoms with Gasteiger partial charge in [0.05, 0.1) is 30.3 Å². The number of para-hydroxylation sites is 1. The van der Waals surface area contributed by atoms with Crippen molar-refractivity contribution in [3.05, 3.63) is 41.6 Å². The molecule has 2 aromatic rings. The first-order valence-corrected chi connectivity index (χ1v) is 7.97. The highest BCUT2D eigenvalue weighted by Crippen LogP contribution is 2.28. The maximum absolute atomic E-state index is 11.2. The molecule has 1 aromatic carbocycles. The quantitative estimate of drug-likeness (QED) is 0.692. The van der Waals surface area contributed by atoms with Gasteiger partial charge in [-0.3, -0.25) is 0 Å². The maximum Gasteiger partial charge on any atom is 0.427 e. The molecule has 7 nitrogen and oxygen atoms in total. The summed E-state index contributed by atoms with van der Waals surface area (Å²) in [6.45, 7) is 3.92. The fourth-order valence-corrected chi connectivity index (χ4v) is 2.86. The topological polar surface area (TPSA) is 71.7 Å². The number of benzene rings is 1. The van der Waals surface area contributed by atoms with Crippen LogP contribution < -0.4 is 10.3 Å². The number of hydrogen-bond donors (Lipinski definition) is 1. The van der Waals surface area contributed by atoms with Crippen LogP contribution in [0.5, 0.6) is 0 Å². The molecule has 0 saturated carbocycles. The van der Waals surface area contributed by atoms with Gasteiger partial charge in [0.15, 0.2) is 0 Å². The lowest BCUT2D eigenvalue weighted by Gasteiger charge is -2.20. The summed E-state index contributed by atoms with van der Waals surface area (Å²) in [5, 5.41) is 8.67. The second-order valence-electron chi connectivity index (χ2n) is 5.63. The zero-order chi connectivity index (χ0) is 16.9. The van der Waals surface area contributed by atoms with Crippen molar-refractivity contribution in [2.75, 3.05) is 25.1 Å². The van der Waals surface area contributed by atoms with Crippen LogP contribution >= 0.6 is 0 Å². The number of anilines is 1. The minimum Gasteiger partial charge on any atom is -0.452 e. The number of hydrazone groups is 1. The third kappa shape index (κ3) is 3.24. The fraction of sp³-hybridized carbons (Fsp3) is 0.353. The van der Waals surface area contributed by atoms with Crippen molar-refractivity contribution in [1.29, 1.82) is 0 Å². The van der Waals surface area contributed by atoms with E-state index in [0.29, 0.717) is 0 Å². The minimum atomic E-state index is -0.595. The van der Waals surface area contributed by atoms with Gasteiger partial charge in [-0.05, 0) is 31.9 Å². The van der Waals surface area contributed by atoms with Crippen molar-refractivity contribution < 1.29 is 9.53 Å². The molecular weight excluding hydrogens is 306 g/mol. The number of nitrogens with one attached hydrogen (secondary N) is 1. The smallest absolute Gasteiger partial charge is 0.427 e. The summed E-state index contributed by atoms with van der Waals surface area (Å²) in [5.74, 6) is 1.01. The molecule has 1 aromatic heterocycles. The van der Waals surface area contributed by atoms with E-state index in [4.69, 9.17) is 0 Å². The highest BCUT2D eigenvalue weighted by Gasteiger charge is 2.23. The number of carbonyl (C=O) groups excluding carboxylic acids is 1. The Balaban J connectivity index is 2.01. The van der Waals surface area contributed by atoms with E-state index >= 15 is 0 Å². The molecule has 7 heteroatoms. The van der Waals surface area contributed by atoms with Gasteiger partial charge in [0.1, 0.15) is 5.82 Å². The third-order valence-electron chi connectivity index (χ3n) is 4.02. The number of aromatic nitrogens is 2. The van der Waals surface area contributed by atoms with E-state index in [-0.39, 0.29) is 0 Å². The summed E-state index contributed by atoms with van der Waals surface area (Å²) in [5.41, 5.74) is 5.09. The van der Waals surface area contributed by atoms with E-state index in [2.05, 4.69) is 25.3 Å². The summed E-state index contributed by atoms with van der Waals surface area (Å²) >= 11 is 0.